The van der Waals surface area contributed by atoms with Gasteiger partial charge in [-0.05, 0) is 24.3 Å². The van der Waals surface area contributed by atoms with Crippen LogP contribution in [0.2, 0.25) is 0 Å². The van der Waals surface area contributed by atoms with Crippen molar-refractivity contribution in [3.8, 4) is 0 Å². The molecule has 0 saturated heterocycles. The smallest absolute Gasteiger partial charge is 0.362 e. The highest BCUT2D eigenvalue weighted by molar-refractivity contribution is 9.10. The predicted molar refractivity (Wildman–Crippen MR) is 84.9 cm³/mol. The van der Waals surface area contributed by atoms with Crippen LogP contribution in [0.15, 0.2) is 62.2 Å². The average molecular weight is 344 g/mol. The van der Waals surface area contributed by atoms with E-state index in [1.807, 2.05) is 6.07 Å². The van der Waals surface area contributed by atoms with Gasteiger partial charge in [0.25, 0.3) is 0 Å². The molecule has 1 N–H and O–H groups in total. The van der Waals surface area contributed by atoms with Crippen molar-refractivity contribution in [1.29, 1.82) is 0 Å². The molecule has 1 aromatic heterocycles. The van der Waals surface area contributed by atoms with Crippen molar-refractivity contribution in [2.24, 2.45) is 0 Å². The minimum absolute atomic E-state index is 0.0496. The molecule has 0 aliphatic rings. The summed E-state index contributed by atoms with van der Waals surface area (Å²) in [6.45, 7) is 0. The molecule has 0 spiro atoms. The van der Waals surface area contributed by atoms with Crippen LogP contribution in [0.5, 0.6) is 0 Å². The Hall–Kier alpha value is -2.40. The van der Waals surface area contributed by atoms with Crippen molar-refractivity contribution in [3.05, 3.63) is 74.7 Å². The minimum atomic E-state index is -0.588. The van der Waals surface area contributed by atoms with Gasteiger partial charge in [-0.1, -0.05) is 40.2 Å². The van der Waals surface area contributed by atoms with Crippen LogP contribution in [0.4, 0.5) is 0 Å². The Balaban J connectivity index is 2.10. The number of nitrogens with zero attached hydrogens (tertiary/aromatic N) is 1. The Bertz CT molecular complexity index is 899. The Morgan fingerprint density at radius 3 is 2.81 bits per heavy atom. The monoisotopic (exact) mass is 343 g/mol. The summed E-state index contributed by atoms with van der Waals surface area (Å²) < 4.78 is 6.00. The molecule has 0 atom stereocenters. The number of halogens is 1. The van der Waals surface area contributed by atoms with Crippen molar-refractivity contribution in [2.75, 3.05) is 0 Å². The molecule has 4 nitrogen and oxygen atoms in total. The van der Waals surface area contributed by atoms with E-state index in [1.54, 1.807) is 42.5 Å². The summed E-state index contributed by atoms with van der Waals surface area (Å²) in [7, 11) is 0. The molecule has 0 fully saturated rings. The fourth-order valence-corrected chi connectivity index (χ4v) is 2.31. The molecule has 21 heavy (non-hydrogen) atoms. The van der Waals surface area contributed by atoms with Crippen molar-refractivity contribution >= 4 is 38.9 Å². The van der Waals surface area contributed by atoms with Crippen LogP contribution in [0.3, 0.4) is 0 Å². The Morgan fingerprint density at radius 1 is 1.19 bits per heavy atom. The van der Waals surface area contributed by atoms with Gasteiger partial charge in [-0.25, -0.2) is 9.78 Å². The Morgan fingerprint density at radius 2 is 2.00 bits per heavy atom. The van der Waals surface area contributed by atoms with E-state index in [-0.39, 0.29) is 11.5 Å². The maximum Gasteiger partial charge on any atom is 0.362 e. The largest absolute Gasteiger partial charge is 0.507 e. The van der Waals surface area contributed by atoms with Crippen LogP contribution in [-0.2, 0) is 0 Å². The van der Waals surface area contributed by atoms with Gasteiger partial charge in [0.1, 0.15) is 11.3 Å². The van der Waals surface area contributed by atoms with Gasteiger partial charge in [-0.2, -0.15) is 0 Å². The zero-order valence-corrected chi connectivity index (χ0v) is 12.4. The van der Waals surface area contributed by atoms with E-state index < -0.39 is 5.63 Å². The molecule has 3 aromatic rings. The normalized spacial score (nSPS) is 11.8. The zero-order chi connectivity index (χ0) is 14.8. The van der Waals surface area contributed by atoms with Gasteiger partial charge in [0, 0.05) is 16.1 Å². The number of fused-ring (bicyclic) bond motifs is 1. The topological polar surface area (TPSA) is 63.3 Å². The summed E-state index contributed by atoms with van der Waals surface area (Å²) in [6, 6.07) is 14.1. The maximum absolute atomic E-state index is 11.9. The molecule has 0 radical (unpaired) electrons. The third kappa shape index (κ3) is 2.87. The lowest BCUT2D eigenvalue weighted by atomic mass is 10.1. The Labute approximate surface area is 128 Å². The first-order chi connectivity index (χ1) is 10.1. The molecule has 0 unspecified atom stereocenters. The summed E-state index contributed by atoms with van der Waals surface area (Å²) in [5.41, 5.74) is 1.03. The van der Waals surface area contributed by atoms with Crippen molar-refractivity contribution < 1.29 is 9.52 Å². The van der Waals surface area contributed by atoms with E-state index in [0.717, 1.165) is 4.47 Å². The number of hydrogen-bond acceptors (Lipinski definition) is 4. The van der Waals surface area contributed by atoms with Gasteiger partial charge in [0.15, 0.2) is 11.3 Å². The molecule has 3 rings (SSSR count). The van der Waals surface area contributed by atoms with E-state index in [0.29, 0.717) is 16.7 Å². The lowest BCUT2D eigenvalue weighted by Crippen LogP contribution is -2.06. The second-order valence-corrected chi connectivity index (χ2v) is 5.31. The minimum Gasteiger partial charge on any atom is -0.507 e. The van der Waals surface area contributed by atoms with E-state index in [4.69, 9.17) is 4.42 Å². The standard InChI is InChI=1S/C16H10BrNO3/c17-11-5-3-4-10(8-11)14(19)9-13-16(20)21-15-7-2-1-6-12(15)18-13/h1-9,19H/b14-9-. The molecule has 5 heteroatoms. The summed E-state index contributed by atoms with van der Waals surface area (Å²) in [5.74, 6) is -0.0496. The second kappa shape index (κ2) is 5.54. The number of aliphatic hydroxyl groups excluding tert-OH is 1. The second-order valence-electron chi connectivity index (χ2n) is 4.39. The molecular weight excluding hydrogens is 334 g/mol. The van der Waals surface area contributed by atoms with Crippen LogP contribution in [0.1, 0.15) is 11.3 Å². The Kier molecular flexibility index (Phi) is 3.58. The highest BCUT2D eigenvalue weighted by Crippen LogP contribution is 2.19. The molecule has 0 aliphatic carbocycles. The van der Waals surface area contributed by atoms with Crippen LogP contribution in [-0.4, -0.2) is 10.1 Å². The molecule has 0 saturated carbocycles. The number of aromatic nitrogens is 1. The first-order valence-corrected chi connectivity index (χ1v) is 6.99. The number of para-hydroxylation sites is 2. The van der Waals surface area contributed by atoms with Gasteiger partial charge in [-0.15, -0.1) is 0 Å². The predicted octanol–water partition coefficient (Wildman–Crippen LogP) is 4.01. The summed E-state index contributed by atoms with van der Waals surface area (Å²) >= 11 is 3.33. The van der Waals surface area contributed by atoms with Crippen LogP contribution in [0, 0.1) is 0 Å². The fourth-order valence-electron chi connectivity index (χ4n) is 1.92. The van der Waals surface area contributed by atoms with Crippen molar-refractivity contribution in [2.45, 2.75) is 0 Å². The van der Waals surface area contributed by atoms with E-state index in [2.05, 4.69) is 20.9 Å². The third-order valence-corrected chi connectivity index (χ3v) is 3.41. The van der Waals surface area contributed by atoms with Crippen molar-refractivity contribution in [3.63, 3.8) is 0 Å². The highest BCUT2D eigenvalue weighted by atomic mass is 79.9. The van der Waals surface area contributed by atoms with Gasteiger partial charge < -0.3 is 9.52 Å². The first kappa shape index (κ1) is 13.6. The molecule has 1 heterocycles. The summed E-state index contributed by atoms with van der Waals surface area (Å²) in [6.07, 6.45) is 1.31. The zero-order valence-electron chi connectivity index (χ0n) is 10.8. The SMILES string of the molecule is O=c1oc2ccccc2nc1/C=C(\O)c1cccc(Br)c1. The van der Waals surface area contributed by atoms with Gasteiger partial charge >= 0.3 is 5.63 Å². The maximum atomic E-state index is 11.9. The lowest BCUT2D eigenvalue weighted by molar-refractivity contribution is 0.514. The lowest BCUT2D eigenvalue weighted by Gasteiger charge is -2.01. The molecule has 2 aromatic carbocycles. The van der Waals surface area contributed by atoms with E-state index in [1.165, 1.54) is 6.08 Å². The number of hydrogen-bond donors (Lipinski definition) is 1. The van der Waals surface area contributed by atoms with Gasteiger partial charge in [-0.3, -0.25) is 0 Å². The third-order valence-electron chi connectivity index (χ3n) is 2.91. The molecule has 0 aliphatic heterocycles. The van der Waals surface area contributed by atoms with Crippen LogP contribution >= 0.6 is 15.9 Å². The average Bonchev–Trinajstić information content (AvgIpc) is 2.48. The number of aliphatic hydroxyl groups is 1. The highest BCUT2D eigenvalue weighted by Gasteiger charge is 2.07. The quantitative estimate of drug-likeness (QED) is 0.714. The first-order valence-electron chi connectivity index (χ1n) is 6.20. The summed E-state index contributed by atoms with van der Waals surface area (Å²) in [4.78, 5) is 16.1. The van der Waals surface area contributed by atoms with E-state index in [9.17, 15) is 9.90 Å². The molecule has 104 valence electrons. The number of benzene rings is 2. The number of rotatable bonds is 2. The molecule has 0 amide bonds. The fraction of sp³-hybridized carbons (Fsp3) is 0. The van der Waals surface area contributed by atoms with Gasteiger partial charge in [0.2, 0.25) is 0 Å². The molecular formula is C16H10BrNO3. The summed E-state index contributed by atoms with van der Waals surface area (Å²) in [5, 5.41) is 10.1. The van der Waals surface area contributed by atoms with Crippen LogP contribution < -0.4 is 5.63 Å². The van der Waals surface area contributed by atoms with Crippen molar-refractivity contribution in [1.82, 2.24) is 4.98 Å². The van der Waals surface area contributed by atoms with Gasteiger partial charge in [0.05, 0.1) is 0 Å². The van der Waals surface area contributed by atoms with E-state index >= 15 is 0 Å². The molecule has 0 bridgehead atoms. The van der Waals surface area contributed by atoms with Crippen LogP contribution in [0.25, 0.3) is 22.9 Å².